The monoisotopic (exact) mass is 402 g/mol. The van der Waals surface area contributed by atoms with Gasteiger partial charge in [-0.05, 0) is 50.1 Å². The van der Waals surface area contributed by atoms with Crippen LogP contribution in [0, 0.1) is 0 Å². The standard InChI is InChI=1S/C22H27ClN2O3/c1-4-16(2)24-22(27)17(3)25(14-18-10-12-19(23)13-11-18)21(26)15-28-20-8-6-5-7-9-20/h5-13,16-17H,4,14-15H2,1-3H3,(H,24,27). The van der Waals surface area contributed by atoms with E-state index in [0.29, 0.717) is 17.3 Å². The maximum absolute atomic E-state index is 12.9. The van der Waals surface area contributed by atoms with Gasteiger partial charge in [-0.2, -0.15) is 0 Å². The highest BCUT2D eigenvalue weighted by atomic mass is 35.5. The van der Waals surface area contributed by atoms with Crippen molar-refractivity contribution >= 4 is 23.4 Å². The second-order valence-corrected chi connectivity index (χ2v) is 7.18. The lowest BCUT2D eigenvalue weighted by molar-refractivity contribution is -0.142. The average Bonchev–Trinajstić information content (AvgIpc) is 2.71. The Kier molecular flexibility index (Phi) is 8.33. The molecule has 2 aromatic rings. The third kappa shape index (κ3) is 6.57. The smallest absolute Gasteiger partial charge is 0.261 e. The van der Waals surface area contributed by atoms with E-state index in [1.165, 1.54) is 4.90 Å². The van der Waals surface area contributed by atoms with Crippen molar-refractivity contribution in [2.24, 2.45) is 0 Å². The van der Waals surface area contributed by atoms with Gasteiger partial charge in [0.2, 0.25) is 5.91 Å². The SMILES string of the molecule is CCC(C)NC(=O)C(C)N(Cc1ccc(Cl)cc1)C(=O)COc1ccccc1. The van der Waals surface area contributed by atoms with Crippen molar-refractivity contribution in [1.82, 2.24) is 10.2 Å². The van der Waals surface area contributed by atoms with E-state index < -0.39 is 6.04 Å². The Balaban J connectivity index is 2.12. The first kappa shape index (κ1) is 21.8. The van der Waals surface area contributed by atoms with Gasteiger partial charge in [0.25, 0.3) is 5.91 Å². The van der Waals surface area contributed by atoms with Crippen molar-refractivity contribution in [2.75, 3.05) is 6.61 Å². The fourth-order valence-corrected chi connectivity index (χ4v) is 2.71. The van der Waals surface area contributed by atoms with E-state index in [2.05, 4.69) is 5.32 Å². The number of para-hydroxylation sites is 1. The number of hydrogen-bond donors (Lipinski definition) is 1. The zero-order valence-corrected chi connectivity index (χ0v) is 17.3. The zero-order valence-electron chi connectivity index (χ0n) is 16.5. The molecule has 0 saturated carbocycles. The van der Waals surface area contributed by atoms with Crippen LogP contribution in [0.1, 0.15) is 32.8 Å². The van der Waals surface area contributed by atoms with Crippen molar-refractivity contribution in [3.63, 3.8) is 0 Å². The van der Waals surface area contributed by atoms with Crippen LogP contribution in [0.25, 0.3) is 0 Å². The van der Waals surface area contributed by atoms with E-state index in [4.69, 9.17) is 16.3 Å². The minimum absolute atomic E-state index is 0.0444. The average molecular weight is 403 g/mol. The van der Waals surface area contributed by atoms with Crippen LogP contribution in [0.5, 0.6) is 5.75 Å². The topological polar surface area (TPSA) is 58.6 Å². The van der Waals surface area contributed by atoms with Gasteiger partial charge in [0, 0.05) is 17.6 Å². The number of hydrogen-bond acceptors (Lipinski definition) is 3. The quantitative estimate of drug-likeness (QED) is 0.688. The Hall–Kier alpha value is -2.53. The molecule has 0 radical (unpaired) electrons. The van der Waals surface area contributed by atoms with Crippen molar-refractivity contribution in [2.45, 2.75) is 45.8 Å². The summed E-state index contributed by atoms with van der Waals surface area (Å²) < 4.78 is 5.59. The highest BCUT2D eigenvalue weighted by Crippen LogP contribution is 2.15. The van der Waals surface area contributed by atoms with Crippen molar-refractivity contribution in [3.8, 4) is 5.75 Å². The minimum Gasteiger partial charge on any atom is -0.484 e. The third-order valence-corrected chi connectivity index (χ3v) is 4.79. The molecule has 6 heteroatoms. The second-order valence-electron chi connectivity index (χ2n) is 6.74. The number of benzene rings is 2. The first-order valence-corrected chi connectivity index (χ1v) is 9.80. The molecule has 0 heterocycles. The summed E-state index contributed by atoms with van der Waals surface area (Å²) >= 11 is 5.95. The van der Waals surface area contributed by atoms with Gasteiger partial charge in [0.15, 0.2) is 6.61 Å². The minimum atomic E-state index is -0.628. The van der Waals surface area contributed by atoms with Gasteiger partial charge in [0.05, 0.1) is 0 Å². The summed E-state index contributed by atoms with van der Waals surface area (Å²) in [5.41, 5.74) is 0.889. The van der Waals surface area contributed by atoms with E-state index >= 15 is 0 Å². The Bertz CT molecular complexity index is 765. The van der Waals surface area contributed by atoms with Crippen LogP contribution in [-0.2, 0) is 16.1 Å². The second kappa shape index (κ2) is 10.7. The van der Waals surface area contributed by atoms with Crippen LogP contribution in [0.2, 0.25) is 5.02 Å². The summed E-state index contributed by atoms with van der Waals surface area (Å²) in [4.78, 5) is 27.0. The summed E-state index contributed by atoms with van der Waals surface area (Å²) in [7, 11) is 0. The highest BCUT2D eigenvalue weighted by Gasteiger charge is 2.27. The first-order valence-electron chi connectivity index (χ1n) is 9.42. The Morgan fingerprint density at radius 3 is 2.32 bits per heavy atom. The predicted octanol–water partition coefficient (Wildman–Crippen LogP) is 4.05. The van der Waals surface area contributed by atoms with E-state index in [1.54, 1.807) is 31.2 Å². The lowest BCUT2D eigenvalue weighted by atomic mass is 10.1. The fourth-order valence-electron chi connectivity index (χ4n) is 2.58. The summed E-state index contributed by atoms with van der Waals surface area (Å²) in [6.45, 7) is 5.82. The molecule has 0 aliphatic carbocycles. The number of amides is 2. The maximum atomic E-state index is 12.9. The number of nitrogens with one attached hydrogen (secondary N) is 1. The molecule has 150 valence electrons. The summed E-state index contributed by atoms with van der Waals surface area (Å²) in [5, 5.41) is 3.56. The molecule has 0 fully saturated rings. The van der Waals surface area contributed by atoms with Gasteiger partial charge in [0.1, 0.15) is 11.8 Å². The van der Waals surface area contributed by atoms with Gasteiger partial charge in [-0.1, -0.05) is 48.9 Å². The van der Waals surface area contributed by atoms with E-state index in [9.17, 15) is 9.59 Å². The summed E-state index contributed by atoms with van der Waals surface area (Å²) in [5.74, 6) is 0.168. The number of rotatable bonds is 9. The molecule has 0 aromatic heterocycles. The molecule has 0 saturated heterocycles. The highest BCUT2D eigenvalue weighted by molar-refractivity contribution is 6.30. The number of nitrogens with zero attached hydrogens (tertiary/aromatic N) is 1. The van der Waals surface area contributed by atoms with E-state index in [0.717, 1.165) is 12.0 Å². The Labute approximate surface area is 171 Å². The molecule has 28 heavy (non-hydrogen) atoms. The van der Waals surface area contributed by atoms with Crippen molar-refractivity contribution in [3.05, 3.63) is 65.2 Å². The number of carbonyl (C=O) groups excluding carboxylic acids is 2. The first-order chi connectivity index (χ1) is 13.4. The normalized spacial score (nSPS) is 12.7. The van der Waals surface area contributed by atoms with E-state index in [-0.39, 0.29) is 24.5 Å². The van der Waals surface area contributed by atoms with Crippen molar-refractivity contribution in [1.29, 1.82) is 0 Å². The molecule has 2 amide bonds. The number of carbonyl (C=O) groups is 2. The van der Waals surface area contributed by atoms with Gasteiger partial charge >= 0.3 is 0 Å². The summed E-state index contributed by atoms with van der Waals surface area (Å²) in [6, 6.07) is 15.8. The molecule has 0 aliphatic rings. The van der Waals surface area contributed by atoms with Gasteiger partial charge in [-0.15, -0.1) is 0 Å². The van der Waals surface area contributed by atoms with Crippen LogP contribution < -0.4 is 10.1 Å². The molecule has 0 spiro atoms. The van der Waals surface area contributed by atoms with Crippen LogP contribution in [0.3, 0.4) is 0 Å². The molecular formula is C22H27ClN2O3. The van der Waals surface area contributed by atoms with Gasteiger partial charge in [-0.3, -0.25) is 9.59 Å². The fraction of sp³-hybridized carbons (Fsp3) is 0.364. The Morgan fingerprint density at radius 1 is 1.07 bits per heavy atom. The molecule has 2 unspecified atom stereocenters. The van der Waals surface area contributed by atoms with Crippen LogP contribution in [0.4, 0.5) is 0 Å². The third-order valence-electron chi connectivity index (χ3n) is 4.54. The van der Waals surface area contributed by atoms with Crippen LogP contribution in [0.15, 0.2) is 54.6 Å². The molecule has 2 atom stereocenters. The zero-order chi connectivity index (χ0) is 20.5. The van der Waals surface area contributed by atoms with E-state index in [1.807, 2.05) is 44.2 Å². The molecule has 0 aliphatic heterocycles. The van der Waals surface area contributed by atoms with Crippen LogP contribution >= 0.6 is 11.6 Å². The van der Waals surface area contributed by atoms with Gasteiger partial charge in [-0.25, -0.2) is 0 Å². The lowest BCUT2D eigenvalue weighted by Crippen LogP contribution is -2.50. The number of halogens is 1. The molecule has 2 aromatic carbocycles. The predicted molar refractivity (Wildman–Crippen MR) is 111 cm³/mol. The summed E-state index contributed by atoms with van der Waals surface area (Å²) in [6.07, 6.45) is 0.820. The Morgan fingerprint density at radius 2 is 1.71 bits per heavy atom. The van der Waals surface area contributed by atoms with Crippen molar-refractivity contribution < 1.29 is 14.3 Å². The largest absolute Gasteiger partial charge is 0.484 e. The molecule has 2 rings (SSSR count). The molecule has 1 N–H and O–H groups in total. The maximum Gasteiger partial charge on any atom is 0.261 e. The van der Waals surface area contributed by atoms with Gasteiger partial charge < -0.3 is 15.0 Å². The lowest BCUT2D eigenvalue weighted by Gasteiger charge is -2.29. The van der Waals surface area contributed by atoms with Crippen LogP contribution in [-0.4, -0.2) is 35.4 Å². The molecule has 0 bridgehead atoms. The molecular weight excluding hydrogens is 376 g/mol. The number of ether oxygens (including phenoxy) is 1. The molecule has 5 nitrogen and oxygen atoms in total.